The lowest BCUT2D eigenvalue weighted by Gasteiger charge is -2.22. The van der Waals surface area contributed by atoms with Crippen molar-refractivity contribution in [2.24, 2.45) is 12.8 Å². The van der Waals surface area contributed by atoms with Crippen molar-refractivity contribution in [2.75, 3.05) is 11.4 Å². The molecule has 36 heavy (non-hydrogen) atoms. The summed E-state index contributed by atoms with van der Waals surface area (Å²) in [6.45, 7) is 0.0444. The van der Waals surface area contributed by atoms with Crippen molar-refractivity contribution in [1.82, 2.24) is 14.5 Å². The normalized spacial score (nSPS) is 10.6. The largest absolute Gasteiger partial charge is 0.481 e. The lowest BCUT2D eigenvalue weighted by atomic mass is 10.2. The number of aliphatic carboxylic acids is 1. The maximum absolute atomic E-state index is 13.3. The fraction of sp³-hybridized carbons (Fsp3) is 0.160. The molecule has 11 heteroatoms. The van der Waals surface area contributed by atoms with Crippen LogP contribution < -0.4 is 10.6 Å². The molecule has 0 saturated heterocycles. The number of nitrogens with zero attached hydrogens (tertiary/aromatic N) is 4. The molecule has 0 unspecified atom stereocenters. The predicted octanol–water partition coefficient (Wildman–Crippen LogP) is 4.09. The number of carboxylic acids is 1. The molecule has 9 nitrogen and oxygen atoms in total. The summed E-state index contributed by atoms with van der Waals surface area (Å²) in [5, 5.41) is 16.6. The Balaban J connectivity index is 0.00000361. The molecule has 0 aliphatic carbocycles. The van der Waals surface area contributed by atoms with Gasteiger partial charge < -0.3 is 20.3 Å². The van der Waals surface area contributed by atoms with Crippen molar-refractivity contribution in [3.05, 3.63) is 83.8 Å². The lowest BCUT2D eigenvalue weighted by molar-refractivity contribution is -0.136. The maximum Gasteiger partial charge on any atom is 0.305 e. The van der Waals surface area contributed by atoms with Gasteiger partial charge in [-0.25, -0.2) is 9.97 Å². The number of benzene rings is 2. The summed E-state index contributed by atoms with van der Waals surface area (Å²) >= 11 is 1.59. The van der Waals surface area contributed by atoms with Crippen molar-refractivity contribution in [2.45, 2.75) is 17.1 Å². The highest BCUT2D eigenvalue weighted by Gasteiger charge is 2.21. The molecule has 0 aliphatic heterocycles. The minimum atomic E-state index is -0.977. The van der Waals surface area contributed by atoms with Crippen molar-refractivity contribution in [3.63, 3.8) is 0 Å². The van der Waals surface area contributed by atoms with E-state index < -0.39 is 5.97 Å². The third kappa shape index (κ3) is 6.02. The number of nitrogen functional groups attached to an aromatic ring is 1. The van der Waals surface area contributed by atoms with Gasteiger partial charge in [0.2, 0.25) is 0 Å². The average molecular weight is 525 g/mol. The molecule has 186 valence electrons. The number of nitrogens with one attached hydrogen (secondary N) is 1. The first kappa shape index (κ1) is 26.7. The molecule has 2 aromatic carbocycles. The number of aryl methyl sites for hydroxylation is 1. The maximum atomic E-state index is 13.3. The molecule has 1 amide bonds. The van der Waals surface area contributed by atoms with E-state index in [4.69, 9.17) is 16.2 Å². The van der Waals surface area contributed by atoms with E-state index in [2.05, 4.69) is 9.97 Å². The van der Waals surface area contributed by atoms with E-state index in [1.807, 2.05) is 41.9 Å². The third-order valence-corrected chi connectivity index (χ3v) is 6.45. The van der Waals surface area contributed by atoms with Crippen LogP contribution in [-0.2, 0) is 17.6 Å². The molecule has 0 spiro atoms. The number of imidazole rings is 1. The molecule has 0 saturated carbocycles. The number of aromatic nitrogens is 3. The highest BCUT2D eigenvalue weighted by atomic mass is 35.5. The van der Waals surface area contributed by atoms with Crippen LogP contribution in [0.1, 0.15) is 28.2 Å². The molecular weight excluding hydrogens is 500 g/mol. The van der Waals surface area contributed by atoms with E-state index in [0.717, 1.165) is 10.7 Å². The first-order valence-corrected chi connectivity index (χ1v) is 11.8. The number of hydrogen-bond donors (Lipinski definition) is 3. The number of thioether (sulfide) groups is 1. The smallest absolute Gasteiger partial charge is 0.305 e. The molecule has 0 bridgehead atoms. The number of carboxylic acid groups (broad SMARTS) is 1. The number of amides is 1. The van der Waals surface area contributed by atoms with Crippen LogP contribution >= 0.6 is 24.2 Å². The minimum absolute atomic E-state index is 0. The molecule has 0 fully saturated rings. The van der Waals surface area contributed by atoms with Crippen molar-refractivity contribution in [1.29, 1.82) is 5.41 Å². The van der Waals surface area contributed by atoms with Gasteiger partial charge in [0.05, 0.1) is 17.7 Å². The molecule has 2 heterocycles. The van der Waals surface area contributed by atoms with Crippen molar-refractivity contribution < 1.29 is 14.7 Å². The van der Waals surface area contributed by atoms with Crippen LogP contribution in [0.4, 0.5) is 5.69 Å². The van der Waals surface area contributed by atoms with Gasteiger partial charge in [-0.15, -0.1) is 24.2 Å². The van der Waals surface area contributed by atoms with E-state index in [0.29, 0.717) is 33.7 Å². The lowest BCUT2D eigenvalue weighted by Crippen LogP contribution is -2.33. The molecule has 0 atom stereocenters. The number of amidine groups is 1. The van der Waals surface area contributed by atoms with Gasteiger partial charge >= 0.3 is 5.97 Å². The molecule has 0 radical (unpaired) electrons. The number of fused-ring (bicyclic) bond motifs is 1. The molecule has 4 N–H and O–H groups in total. The number of carbonyl (C=O) groups excluding carboxylic acids is 1. The van der Waals surface area contributed by atoms with Crippen LogP contribution in [0.2, 0.25) is 0 Å². The Kier molecular flexibility index (Phi) is 8.68. The van der Waals surface area contributed by atoms with Crippen LogP contribution in [0.15, 0.2) is 71.8 Å². The first-order chi connectivity index (χ1) is 16.8. The summed E-state index contributed by atoms with van der Waals surface area (Å²) in [6, 6.07) is 18.1. The van der Waals surface area contributed by atoms with Crippen LogP contribution in [0, 0.1) is 5.41 Å². The Bertz CT molecular complexity index is 1390. The zero-order valence-corrected chi connectivity index (χ0v) is 21.1. The number of nitrogens with two attached hydrogens (primary N) is 1. The minimum Gasteiger partial charge on any atom is -0.481 e. The third-order valence-electron chi connectivity index (χ3n) is 5.44. The number of carbonyl (C=O) groups is 2. The summed E-state index contributed by atoms with van der Waals surface area (Å²) in [5.41, 5.74) is 8.38. The van der Waals surface area contributed by atoms with Crippen LogP contribution in [-0.4, -0.2) is 43.9 Å². The van der Waals surface area contributed by atoms with Crippen molar-refractivity contribution >= 4 is 58.7 Å². The summed E-state index contributed by atoms with van der Waals surface area (Å²) < 4.78 is 1.89. The number of rotatable bonds is 9. The number of para-hydroxylation sites is 1. The molecule has 0 aliphatic rings. The Hall–Kier alpha value is -3.89. The predicted molar refractivity (Wildman–Crippen MR) is 143 cm³/mol. The Morgan fingerprint density at radius 2 is 1.81 bits per heavy atom. The highest BCUT2D eigenvalue weighted by Crippen LogP contribution is 2.25. The quantitative estimate of drug-likeness (QED) is 0.170. The van der Waals surface area contributed by atoms with Gasteiger partial charge in [0.1, 0.15) is 17.2 Å². The van der Waals surface area contributed by atoms with Crippen LogP contribution in [0.25, 0.3) is 11.2 Å². The van der Waals surface area contributed by atoms with Crippen LogP contribution in [0.5, 0.6) is 0 Å². The fourth-order valence-corrected chi connectivity index (χ4v) is 4.45. The van der Waals surface area contributed by atoms with Gasteiger partial charge in [-0.05, 0) is 30.3 Å². The summed E-state index contributed by atoms with van der Waals surface area (Å²) in [6.07, 6.45) is 1.33. The SMILES string of the molecule is Cl.Cn1c(CSc2ccc(C(=N)N)cc2)nc2cc(C(=O)N(CCC(=O)O)c3ccccc3)cnc21. The van der Waals surface area contributed by atoms with E-state index in [1.54, 1.807) is 42.1 Å². The second-order valence-electron chi connectivity index (χ2n) is 7.82. The van der Waals surface area contributed by atoms with E-state index >= 15 is 0 Å². The van der Waals surface area contributed by atoms with Gasteiger partial charge in [0.25, 0.3) is 5.91 Å². The molecule has 4 aromatic rings. The first-order valence-electron chi connectivity index (χ1n) is 10.8. The van der Waals surface area contributed by atoms with Crippen molar-refractivity contribution in [3.8, 4) is 0 Å². The van der Waals surface area contributed by atoms with Gasteiger partial charge in [0, 0.05) is 35.9 Å². The molecule has 4 rings (SSSR count). The fourth-order valence-electron chi connectivity index (χ4n) is 3.57. The van der Waals surface area contributed by atoms with E-state index in [1.165, 1.54) is 11.1 Å². The van der Waals surface area contributed by atoms with E-state index in [9.17, 15) is 9.59 Å². The topological polar surface area (TPSA) is 138 Å². The molecule has 2 aromatic heterocycles. The number of pyridine rings is 1. The number of hydrogen-bond acceptors (Lipinski definition) is 6. The van der Waals surface area contributed by atoms with E-state index in [-0.39, 0.29) is 37.1 Å². The summed E-state index contributed by atoms with van der Waals surface area (Å²) in [7, 11) is 1.88. The van der Waals surface area contributed by atoms with Crippen LogP contribution in [0.3, 0.4) is 0 Å². The highest BCUT2D eigenvalue weighted by molar-refractivity contribution is 7.98. The zero-order valence-electron chi connectivity index (χ0n) is 19.4. The Morgan fingerprint density at radius 3 is 2.44 bits per heavy atom. The monoisotopic (exact) mass is 524 g/mol. The van der Waals surface area contributed by atoms with Gasteiger partial charge in [-0.1, -0.05) is 30.3 Å². The standard InChI is InChI=1S/C25H24N6O3S.ClH/c1-30-21(15-35-19-9-7-16(8-10-19)23(26)27)29-20-13-17(14-28-24(20)30)25(34)31(12-11-22(32)33)18-5-3-2-4-6-18;/h2-10,13-14H,11-12,15H2,1H3,(H3,26,27)(H,32,33);1H. The number of halogens is 1. The zero-order chi connectivity index (χ0) is 24.9. The second-order valence-corrected chi connectivity index (χ2v) is 8.87. The van der Waals surface area contributed by atoms with Gasteiger partial charge in [0.15, 0.2) is 5.65 Å². The molecular formula is C25H25ClN6O3S. The van der Waals surface area contributed by atoms with Gasteiger partial charge in [-0.3, -0.25) is 15.0 Å². The average Bonchev–Trinajstić information content (AvgIpc) is 3.18. The summed E-state index contributed by atoms with van der Waals surface area (Å²) in [5.74, 6) is 0.101. The second kappa shape index (κ2) is 11.7. The number of anilines is 1. The Morgan fingerprint density at radius 1 is 1.11 bits per heavy atom. The summed E-state index contributed by atoms with van der Waals surface area (Å²) in [4.78, 5) is 36.1. The Labute approximate surface area is 218 Å². The van der Waals surface area contributed by atoms with Gasteiger partial charge in [-0.2, -0.15) is 0 Å².